The molecule has 0 aromatic carbocycles. The number of hydrogen-bond donors (Lipinski definition) is 1. The Balaban J connectivity index is 1.65. The summed E-state index contributed by atoms with van der Waals surface area (Å²) in [7, 11) is 2.01. The highest BCUT2D eigenvalue weighted by Gasteiger charge is 2.31. The van der Waals surface area contributed by atoms with E-state index in [0.29, 0.717) is 5.41 Å². The van der Waals surface area contributed by atoms with Crippen molar-refractivity contribution >= 4 is 17.2 Å². The molecule has 1 aliphatic heterocycles. The summed E-state index contributed by atoms with van der Waals surface area (Å²) in [6, 6.07) is 2.21. The average Bonchev–Trinajstić information content (AvgIpc) is 2.97. The summed E-state index contributed by atoms with van der Waals surface area (Å²) in [6.45, 7) is 9.93. The number of thiophene rings is 1. The van der Waals surface area contributed by atoms with E-state index in [1.807, 2.05) is 7.05 Å². The average molecular weight is 349 g/mol. The molecule has 1 fully saturated rings. The monoisotopic (exact) mass is 348 g/mol. The van der Waals surface area contributed by atoms with Gasteiger partial charge in [0.05, 0.1) is 4.88 Å². The van der Waals surface area contributed by atoms with Gasteiger partial charge < -0.3 is 10.2 Å². The third-order valence-corrected chi connectivity index (χ3v) is 7.14. The number of carbonyl (C=O) groups is 1. The van der Waals surface area contributed by atoms with Gasteiger partial charge in [-0.1, -0.05) is 20.8 Å². The Kier molecular flexibility index (Phi) is 5.36. The largest absolute Gasteiger partial charge is 0.338 e. The van der Waals surface area contributed by atoms with Crippen molar-refractivity contribution in [1.82, 2.24) is 10.2 Å². The van der Waals surface area contributed by atoms with Crippen LogP contribution in [0.25, 0.3) is 0 Å². The maximum Gasteiger partial charge on any atom is 0.263 e. The molecule has 1 aliphatic carbocycles. The first-order valence-corrected chi connectivity index (χ1v) is 10.3. The molecule has 4 heteroatoms. The van der Waals surface area contributed by atoms with E-state index in [2.05, 4.69) is 37.1 Å². The number of aryl methyl sites for hydroxylation is 1. The fraction of sp³-hybridized carbons (Fsp3) is 0.750. The maximum absolute atomic E-state index is 12.9. The number of rotatable bonds is 3. The fourth-order valence-corrected chi connectivity index (χ4v) is 5.33. The Labute approximate surface area is 150 Å². The second-order valence-electron chi connectivity index (χ2n) is 8.66. The lowest BCUT2D eigenvalue weighted by Crippen LogP contribution is -2.40. The highest BCUT2D eigenvalue weighted by Crippen LogP contribution is 2.40. The SMILES string of the molecule is CNCC1CCN(C(=O)c2cc3c(s2)CCC(C(C)(C)C)C3)CC1. The first-order chi connectivity index (χ1) is 11.4. The molecule has 1 aromatic heterocycles. The number of nitrogens with one attached hydrogen (secondary N) is 1. The van der Waals surface area contributed by atoms with Crippen LogP contribution in [-0.4, -0.2) is 37.5 Å². The van der Waals surface area contributed by atoms with Gasteiger partial charge in [-0.15, -0.1) is 11.3 Å². The van der Waals surface area contributed by atoms with Crippen LogP contribution in [0.3, 0.4) is 0 Å². The molecule has 0 saturated carbocycles. The van der Waals surface area contributed by atoms with Crippen molar-refractivity contribution in [2.75, 3.05) is 26.7 Å². The molecule has 1 aromatic rings. The summed E-state index contributed by atoms with van der Waals surface area (Å²) < 4.78 is 0. The smallest absolute Gasteiger partial charge is 0.263 e. The van der Waals surface area contributed by atoms with Gasteiger partial charge in [0.15, 0.2) is 0 Å². The van der Waals surface area contributed by atoms with E-state index >= 15 is 0 Å². The van der Waals surface area contributed by atoms with Crippen LogP contribution in [0.1, 0.15) is 60.1 Å². The summed E-state index contributed by atoms with van der Waals surface area (Å²) in [5, 5.41) is 3.26. The van der Waals surface area contributed by atoms with E-state index in [4.69, 9.17) is 0 Å². The number of nitrogens with zero attached hydrogens (tertiary/aromatic N) is 1. The minimum Gasteiger partial charge on any atom is -0.338 e. The normalized spacial score (nSPS) is 22.5. The van der Waals surface area contributed by atoms with Crippen molar-refractivity contribution in [1.29, 1.82) is 0 Å². The van der Waals surface area contributed by atoms with Gasteiger partial charge in [-0.2, -0.15) is 0 Å². The lowest BCUT2D eigenvalue weighted by Gasteiger charge is -2.33. The summed E-state index contributed by atoms with van der Waals surface area (Å²) in [4.78, 5) is 17.4. The second kappa shape index (κ2) is 7.17. The van der Waals surface area contributed by atoms with E-state index in [0.717, 1.165) is 62.0 Å². The lowest BCUT2D eigenvalue weighted by atomic mass is 9.72. The van der Waals surface area contributed by atoms with Crippen LogP contribution in [-0.2, 0) is 12.8 Å². The second-order valence-corrected chi connectivity index (χ2v) is 9.79. The molecule has 0 radical (unpaired) electrons. The maximum atomic E-state index is 12.9. The molecule has 2 aliphatic rings. The Bertz CT molecular complexity index is 579. The fourth-order valence-electron chi connectivity index (χ4n) is 4.15. The van der Waals surface area contributed by atoms with Crippen molar-refractivity contribution in [2.45, 2.75) is 52.9 Å². The topological polar surface area (TPSA) is 32.3 Å². The number of likely N-dealkylation sites (tertiary alicyclic amines) is 1. The van der Waals surface area contributed by atoms with Crippen molar-refractivity contribution in [2.24, 2.45) is 17.3 Å². The summed E-state index contributed by atoms with van der Waals surface area (Å²) in [5.41, 5.74) is 1.80. The Morgan fingerprint density at radius 2 is 2.00 bits per heavy atom. The number of amides is 1. The predicted molar refractivity (Wildman–Crippen MR) is 102 cm³/mol. The van der Waals surface area contributed by atoms with Crippen LogP contribution in [0, 0.1) is 17.3 Å². The third kappa shape index (κ3) is 3.85. The summed E-state index contributed by atoms with van der Waals surface area (Å²) in [6.07, 6.45) is 5.82. The molecule has 134 valence electrons. The number of fused-ring (bicyclic) bond motifs is 1. The molecular formula is C20H32N2OS. The lowest BCUT2D eigenvalue weighted by molar-refractivity contribution is 0.0696. The Morgan fingerprint density at radius 1 is 1.29 bits per heavy atom. The van der Waals surface area contributed by atoms with Crippen molar-refractivity contribution in [3.8, 4) is 0 Å². The van der Waals surface area contributed by atoms with E-state index in [-0.39, 0.29) is 5.91 Å². The van der Waals surface area contributed by atoms with Gasteiger partial charge >= 0.3 is 0 Å². The van der Waals surface area contributed by atoms with Gasteiger partial charge in [0.25, 0.3) is 5.91 Å². The predicted octanol–water partition coefficient (Wildman–Crippen LogP) is 3.97. The minimum absolute atomic E-state index is 0.268. The van der Waals surface area contributed by atoms with Gasteiger partial charge in [0, 0.05) is 18.0 Å². The van der Waals surface area contributed by atoms with Crippen molar-refractivity contribution in [3.63, 3.8) is 0 Å². The number of piperidine rings is 1. The molecular weight excluding hydrogens is 316 g/mol. The van der Waals surface area contributed by atoms with Crippen molar-refractivity contribution < 1.29 is 4.79 Å². The van der Waals surface area contributed by atoms with Crippen LogP contribution in [0.5, 0.6) is 0 Å². The number of hydrogen-bond acceptors (Lipinski definition) is 3. The molecule has 24 heavy (non-hydrogen) atoms. The van der Waals surface area contributed by atoms with E-state index < -0.39 is 0 Å². The van der Waals surface area contributed by atoms with Gasteiger partial charge in [-0.3, -0.25) is 4.79 Å². The number of carbonyl (C=O) groups excluding carboxylic acids is 1. The molecule has 1 unspecified atom stereocenters. The minimum atomic E-state index is 0.268. The molecule has 2 heterocycles. The first kappa shape index (κ1) is 17.9. The quantitative estimate of drug-likeness (QED) is 0.896. The van der Waals surface area contributed by atoms with Gasteiger partial charge in [0.2, 0.25) is 0 Å². The van der Waals surface area contributed by atoms with Gasteiger partial charge in [-0.25, -0.2) is 0 Å². The highest BCUT2D eigenvalue weighted by molar-refractivity contribution is 7.14. The zero-order valence-corrected chi connectivity index (χ0v) is 16.5. The first-order valence-electron chi connectivity index (χ1n) is 9.44. The molecule has 1 saturated heterocycles. The summed E-state index contributed by atoms with van der Waals surface area (Å²) >= 11 is 1.76. The molecule has 3 rings (SSSR count). The van der Waals surface area contributed by atoms with Crippen LogP contribution in [0.4, 0.5) is 0 Å². The Hall–Kier alpha value is -0.870. The zero-order valence-electron chi connectivity index (χ0n) is 15.7. The molecule has 3 nitrogen and oxygen atoms in total. The van der Waals surface area contributed by atoms with Crippen LogP contribution < -0.4 is 5.32 Å². The van der Waals surface area contributed by atoms with E-state index in [9.17, 15) is 4.79 Å². The van der Waals surface area contributed by atoms with Gasteiger partial charge in [0.1, 0.15) is 0 Å². The standard InChI is InChI=1S/C20H32N2OS/c1-20(2,3)16-5-6-17-15(11-16)12-18(24-17)19(23)22-9-7-14(8-10-22)13-21-4/h12,14,16,21H,5-11,13H2,1-4H3. The molecule has 1 atom stereocenters. The molecule has 0 bridgehead atoms. The Morgan fingerprint density at radius 3 is 2.62 bits per heavy atom. The molecule has 0 spiro atoms. The van der Waals surface area contributed by atoms with E-state index in [1.54, 1.807) is 11.3 Å². The highest BCUT2D eigenvalue weighted by atomic mass is 32.1. The van der Waals surface area contributed by atoms with Gasteiger partial charge in [-0.05, 0) is 74.6 Å². The molecule has 1 amide bonds. The third-order valence-electron chi connectivity index (χ3n) is 5.91. The zero-order chi connectivity index (χ0) is 17.3. The summed E-state index contributed by atoms with van der Waals surface area (Å²) in [5.74, 6) is 1.73. The van der Waals surface area contributed by atoms with Crippen LogP contribution >= 0.6 is 11.3 Å². The molecule has 1 N–H and O–H groups in total. The van der Waals surface area contributed by atoms with Crippen molar-refractivity contribution in [3.05, 3.63) is 21.4 Å². The van der Waals surface area contributed by atoms with Crippen LogP contribution in [0.2, 0.25) is 0 Å². The van der Waals surface area contributed by atoms with E-state index in [1.165, 1.54) is 16.9 Å². The van der Waals surface area contributed by atoms with Crippen LogP contribution in [0.15, 0.2) is 6.07 Å².